The van der Waals surface area contributed by atoms with E-state index in [1.165, 1.54) is 0 Å². The van der Waals surface area contributed by atoms with E-state index < -0.39 is 5.92 Å². The third-order valence-corrected chi connectivity index (χ3v) is 3.12. The molecule has 1 aliphatic carbocycles. The fourth-order valence-electron chi connectivity index (χ4n) is 2.07. The smallest absolute Gasteiger partial charge is 0.157 e. The van der Waals surface area contributed by atoms with Gasteiger partial charge in [0.1, 0.15) is 6.29 Å². The van der Waals surface area contributed by atoms with E-state index in [2.05, 4.69) is 0 Å². The lowest BCUT2D eigenvalue weighted by Gasteiger charge is -2.27. The first kappa shape index (κ1) is 12.2. The van der Waals surface area contributed by atoms with Crippen molar-refractivity contribution >= 4 is 6.29 Å². The van der Waals surface area contributed by atoms with Crippen molar-refractivity contribution in [1.82, 2.24) is 0 Å². The Morgan fingerprint density at radius 2 is 2.06 bits per heavy atom. The molecule has 0 aromatic heterocycles. The summed E-state index contributed by atoms with van der Waals surface area (Å²) in [5.41, 5.74) is 1.09. The molecule has 1 aliphatic rings. The molecule has 1 aromatic carbocycles. The Labute approximate surface area is 101 Å². The van der Waals surface area contributed by atoms with Crippen LogP contribution in [-0.4, -0.2) is 12.4 Å². The van der Waals surface area contributed by atoms with E-state index >= 15 is 0 Å². The number of hydrogen-bond acceptors (Lipinski definition) is 2. The number of hydrogen-bond donors (Lipinski definition) is 0. The molecule has 2 atom stereocenters. The monoisotopic (exact) mass is 235 g/mol. The molecule has 0 spiro atoms. The van der Waals surface area contributed by atoms with E-state index in [4.69, 9.17) is 4.74 Å². The van der Waals surface area contributed by atoms with Gasteiger partial charge in [-0.1, -0.05) is 30.3 Å². The molecule has 17 heavy (non-hydrogen) atoms. The standard InChI is InChI=1S/C14H16FO2/c15-14-8-13(7-6-12(14)9-16)17-10-11-4-2-1-3-5-11/h1-5,9,12-13H,6-8,10H2. The van der Waals surface area contributed by atoms with Crippen LogP contribution in [0.4, 0.5) is 4.39 Å². The summed E-state index contributed by atoms with van der Waals surface area (Å²) in [6, 6.07) is 9.82. The second-order valence-electron chi connectivity index (χ2n) is 4.39. The number of benzene rings is 1. The lowest BCUT2D eigenvalue weighted by atomic mass is 9.87. The second-order valence-corrected chi connectivity index (χ2v) is 4.39. The largest absolute Gasteiger partial charge is 0.373 e. The first-order valence-electron chi connectivity index (χ1n) is 5.91. The van der Waals surface area contributed by atoms with Crippen LogP contribution in [0.25, 0.3) is 0 Å². The molecule has 0 N–H and O–H groups in total. The molecule has 2 rings (SSSR count). The lowest BCUT2D eigenvalue weighted by Crippen LogP contribution is -2.26. The molecule has 2 nitrogen and oxygen atoms in total. The van der Waals surface area contributed by atoms with Gasteiger partial charge >= 0.3 is 0 Å². The molecule has 1 radical (unpaired) electrons. The van der Waals surface area contributed by atoms with E-state index in [0.29, 0.717) is 19.3 Å². The zero-order valence-electron chi connectivity index (χ0n) is 9.64. The number of ether oxygens (including phenoxy) is 1. The van der Waals surface area contributed by atoms with Crippen LogP contribution in [0.5, 0.6) is 0 Å². The molecule has 1 aromatic rings. The molecule has 0 heterocycles. The van der Waals surface area contributed by atoms with Crippen molar-refractivity contribution in [3.05, 3.63) is 42.1 Å². The maximum atomic E-state index is 13.4. The van der Waals surface area contributed by atoms with Crippen molar-refractivity contribution in [2.45, 2.75) is 32.0 Å². The summed E-state index contributed by atoms with van der Waals surface area (Å²) in [7, 11) is 0. The molecule has 0 aliphatic heterocycles. The predicted octanol–water partition coefficient (Wildman–Crippen LogP) is 3.07. The molecule has 0 bridgehead atoms. The highest BCUT2D eigenvalue weighted by Crippen LogP contribution is 2.33. The van der Waals surface area contributed by atoms with Gasteiger partial charge in [0.2, 0.25) is 0 Å². The minimum atomic E-state index is -0.508. The highest BCUT2D eigenvalue weighted by atomic mass is 19.1. The van der Waals surface area contributed by atoms with Crippen LogP contribution in [0.2, 0.25) is 0 Å². The van der Waals surface area contributed by atoms with E-state index in [0.717, 1.165) is 12.0 Å². The van der Waals surface area contributed by atoms with Crippen LogP contribution in [0.1, 0.15) is 24.8 Å². The van der Waals surface area contributed by atoms with Gasteiger partial charge < -0.3 is 9.53 Å². The van der Waals surface area contributed by atoms with Crippen molar-refractivity contribution in [2.75, 3.05) is 0 Å². The minimum Gasteiger partial charge on any atom is -0.373 e. The highest BCUT2D eigenvalue weighted by Gasteiger charge is 2.31. The molecule has 2 unspecified atom stereocenters. The SMILES string of the molecule is O=CC1CCC(OCc2ccccc2)C[C]1F. The van der Waals surface area contributed by atoms with Crippen LogP contribution < -0.4 is 0 Å². The molecule has 0 saturated heterocycles. The number of carbonyl (C=O) groups excluding carboxylic acids is 1. The van der Waals surface area contributed by atoms with Crippen LogP contribution in [0, 0.1) is 12.1 Å². The number of aldehydes is 1. The predicted molar refractivity (Wildman–Crippen MR) is 62.8 cm³/mol. The zero-order chi connectivity index (χ0) is 12.1. The van der Waals surface area contributed by atoms with E-state index in [9.17, 15) is 9.18 Å². The average molecular weight is 235 g/mol. The molecular formula is C14H16FO2. The maximum absolute atomic E-state index is 13.4. The molecule has 1 saturated carbocycles. The summed E-state index contributed by atoms with van der Waals surface area (Å²) in [6.07, 6.45) is 1.95. The van der Waals surface area contributed by atoms with Gasteiger partial charge in [0.25, 0.3) is 0 Å². The lowest BCUT2D eigenvalue weighted by molar-refractivity contribution is -0.113. The van der Waals surface area contributed by atoms with Crippen LogP contribution in [0.3, 0.4) is 0 Å². The van der Waals surface area contributed by atoms with Crippen molar-refractivity contribution in [3.8, 4) is 0 Å². The van der Waals surface area contributed by atoms with Crippen molar-refractivity contribution in [2.24, 2.45) is 5.92 Å². The summed E-state index contributed by atoms with van der Waals surface area (Å²) in [6.45, 7) is 0.505. The summed E-state index contributed by atoms with van der Waals surface area (Å²) >= 11 is 0. The number of halogens is 1. The quantitative estimate of drug-likeness (QED) is 0.750. The molecule has 1 fully saturated rings. The van der Waals surface area contributed by atoms with Crippen LogP contribution >= 0.6 is 0 Å². The van der Waals surface area contributed by atoms with Crippen LogP contribution in [0.15, 0.2) is 30.3 Å². The molecular weight excluding hydrogens is 219 g/mol. The molecule has 0 amide bonds. The average Bonchev–Trinajstić information content (AvgIpc) is 2.38. The normalized spacial score (nSPS) is 25.7. The highest BCUT2D eigenvalue weighted by molar-refractivity contribution is 5.56. The van der Waals surface area contributed by atoms with Gasteiger partial charge in [0, 0.05) is 6.42 Å². The Morgan fingerprint density at radius 1 is 1.29 bits per heavy atom. The zero-order valence-corrected chi connectivity index (χ0v) is 9.64. The minimum absolute atomic E-state index is 0.0913. The van der Waals surface area contributed by atoms with Gasteiger partial charge in [-0.05, 0) is 18.4 Å². The summed E-state index contributed by atoms with van der Waals surface area (Å²) in [5, 5.41) is 0. The van der Waals surface area contributed by atoms with Gasteiger partial charge in [-0.3, -0.25) is 0 Å². The Hall–Kier alpha value is -1.22. The summed E-state index contributed by atoms with van der Waals surface area (Å²) < 4.78 is 19.1. The van der Waals surface area contributed by atoms with E-state index in [1.807, 2.05) is 30.3 Å². The van der Waals surface area contributed by atoms with Crippen LogP contribution in [-0.2, 0) is 16.1 Å². The van der Waals surface area contributed by atoms with Crippen molar-refractivity contribution in [3.63, 3.8) is 0 Å². The van der Waals surface area contributed by atoms with Gasteiger partial charge in [-0.2, -0.15) is 0 Å². The van der Waals surface area contributed by atoms with Gasteiger partial charge in [0.05, 0.1) is 18.6 Å². The molecule has 91 valence electrons. The number of rotatable bonds is 4. The summed E-state index contributed by atoms with van der Waals surface area (Å²) in [4.78, 5) is 10.6. The fraction of sp³-hybridized carbons (Fsp3) is 0.429. The van der Waals surface area contributed by atoms with Gasteiger partial charge in [-0.25, -0.2) is 4.39 Å². The third-order valence-electron chi connectivity index (χ3n) is 3.12. The number of carbonyl (C=O) groups is 1. The third kappa shape index (κ3) is 3.37. The Morgan fingerprint density at radius 3 is 2.71 bits per heavy atom. The molecule has 3 heteroatoms. The Bertz CT molecular complexity index is 352. The first-order chi connectivity index (χ1) is 8.29. The van der Waals surface area contributed by atoms with Crippen molar-refractivity contribution in [1.29, 1.82) is 0 Å². The van der Waals surface area contributed by atoms with E-state index in [-0.39, 0.29) is 18.7 Å². The van der Waals surface area contributed by atoms with Gasteiger partial charge in [-0.15, -0.1) is 0 Å². The maximum Gasteiger partial charge on any atom is 0.157 e. The van der Waals surface area contributed by atoms with E-state index in [1.54, 1.807) is 0 Å². The first-order valence-corrected chi connectivity index (χ1v) is 5.91. The summed E-state index contributed by atoms with van der Waals surface area (Å²) in [5.74, 6) is -0.508. The topological polar surface area (TPSA) is 26.3 Å². The Balaban J connectivity index is 1.79. The Kier molecular flexibility index (Phi) is 4.26. The second kappa shape index (κ2) is 5.92. The fourth-order valence-corrected chi connectivity index (χ4v) is 2.07. The van der Waals surface area contributed by atoms with Gasteiger partial charge in [0.15, 0.2) is 6.17 Å². The van der Waals surface area contributed by atoms with Crippen molar-refractivity contribution < 1.29 is 13.9 Å².